The Morgan fingerprint density at radius 1 is 1.10 bits per heavy atom. The van der Waals surface area contributed by atoms with E-state index >= 15 is 0 Å². The first kappa shape index (κ1) is 21.3. The number of methoxy groups -OCH3 is 2. The molecule has 0 unspecified atom stereocenters. The Morgan fingerprint density at radius 2 is 1.83 bits per heavy atom. The molecule has 0 spiro atoms. The van der Waals surface area contributed by atoms with Crippen molar-refractivity contribution >= 4 is 33.6 Å². The molecule has 0 fully saturated rings. The van der Waals surface area contributed by atoms with Crippen LogP contribution in [-0.4, -0.2) is 31.3 Å². The first-order valence-corrected chi connectivity index (χ1v) is 10.2. The van der Waals surface area contributed by atoms with Crippen molar-refractivity contribution in [2.24, 2.45) is 11.0 Å². The molecule has 1 amide bonds. The second-order valence-electron chi connectivity index (χ2n) is 6.69. The molecule has 0 aliphatic carbocycles. The third kappa shape index (κ3) is 5.15. The van der Waals surface area contributed by atoms with Crippen molar-refractivity contribution < 1.29 is 14.3 Å². The summed E-state index contributed by atoms with van der Waals surface area (Å²) < 4.78 is 10.6. The minimum atomic E-state index is -0.129. The molecule has 0 radical (unpaired) electrons. The third-order valence-electron chi connectivity index (χ3n) is 4.22. The summed E-state index contributed by atoms with van der Waals surface area (Å²) in [5.41, 5.74) is 5.41. The first-order valence-electron chi connectivity index (χ1n) is 9.40. The Morgan fingerprint density at radius 3 is 2.50 bits per heavy atom. The molecule has 0 atom stereocenters. The summed E-state index contributed by atoms with van der Waals surface area (Å²) in [7, 11) is 3.18. The van der Waals surface area contributed by atoms with Gasteiger partial charge in [-0.25, -0.2) is 4.98 Å². The molecule has 1 heterocycles. The first-order chi connectivity index (χ1) is 14.5. The number of thiazole rings is 1. The number of aromatic nitrogens is 1. The number of carbonyl (C=O) groups excluding carboxylic acids is 1. The molecular weight excluding hydrogens is 400 g/mol. The van der Waals surface area contributed by atoms with Crippen LogP contribution in [0.1, 0.15) is 19.4 Å². The molecule has 7 nitrogen and oxygen atoms in total. The molecule has 0 bridgehead atoms. The summed E-state index contributed by atoms with van der Waals surface area (Å²) in [6.45, 7) is 3.70. The molecule has 0 aliphatic heterocycles. The highest BCUT2D eigenvalue weighted by Gasteiger charge is 2.17. The third-order valence-corrected chi connectivity index (χ3v) is 5.09. The maximum Gasteiger partial charge on any atom is 0.227 e. The van der Waals surface area contributed by atoms with Gasteiger partial charge in [0.1, 0.15) is 10.7 Å². The molecule has 0 saturated heterocycles. The quantitative estimate of drug-likeness (QED) is 0.398. The predicted octanol–water partition coefficient (Wildman–Crippen LogP) is 4.87. The van der Waals surface area contributed by atoms with Gasteiger partial charge in [0.2, 0.25) is 11.0 Å². The van der Waals surface area contributed by atoms with E-state index in [0.717, 1.165) is 11.1 Å². The number of amides is 1. The van der Waals surface area contributed by atoms with Gasteiger partial charge in [-0.05, 0) is 23.8 Å². The Kier molecular flexibility index (Phi) is 7.03. The van der Waals surface area contributed by atoms with Crippen LogP contribution in [0.2, 0.25) is 0 Å². The van der Waals surface area contributed by atoms with Gasteiger partial charge in [0.25, 0.3) is 0 Å². The van der Waals surface area contributed by atoms with E-state index in [9.17, 15) is 4.79 Å². The van der Waals surface area contributed by atoms with Crippen LogP contribution in [0.5, 0.6) is 11.5 Å². The summed E-state index contributed by atoms with van der Waals surface area (Å²) in [6.07, 6.45) is 1.66. The van der Waals surface area contributed by atoms with Crippen LogP contribution in [-0.2, 0) is 4.79 Å². The van der Waals surface area contributed by atoms with Gasteiger partial charge in [0, 0.05) is 11.5 Å². The molecule has 2 N–H and O–H groups in total. The van der Waals surface area contributed by atoms with Crippen LogP contribution >= 0.6 is 11.3 Å². The monoisotopic (exact) mass is 424 g/mol. The van der Waals surface area contributed by atoms with E-state index in [-0.39, 0.29) is 11.8 Å². The van der Waals surface area contributed by atoms with E-state index in [1.807, 2.05) is 62.4 Å². The van der Waals surface area contributed by atoms with Crippen molar-refractivity contribution in [1.82, 2.24) is 4.98 Å². The number of anilines is 2. The molecule has 2 aromatic carbocycles. The second-order valence-corrected chi connectivity index (χ2v) is 7.69. The summed E-state index contributed by atoms with van der Waals surface area (Å²) in [5.74, 6) is 1.09. The van der Waals surface area contributed by atoms with Gasteiger partial charge in [0.15, 0.2) is 11.5 Å². The highest BCUT2D eigenvalue weighted by atomic mass is 32.1. The van der Waals surface area contributed by atoms with Crippen molar-refractivity contribution in [3.05, 3.63) is 54.1 Å². The lowest BCUT2D eigenvalue weighted by atomic mass is 10.1. The fourth-order valence-corrected chi connectivity index (χ4v) is 3.44. The molecular formula is C22H24N4O3S. The van der Waals surface area contributed by atoms with Crippen molar-refractivity contribution in [2.75, 3.05) is 25.0 Å². The zero-order valence-corrected chi connectivity index (χ0v) is 18.1. The van der Waals surface area contributed by atoms with Crippen molar-refractivity contribution in [3.63, 3.8) is 0 Å². The number of carbonyl (C=O) groups is 1. The minimum Gasteiger partial charge on any atom is -0.493 e. The number of nitrogens with zero attached hydrogens (tertiary/aromatic N) is 2. The number of nitrogens with one attached hydrogen (secondary N) is 2. The Balaban J connectivity index is 1.81. The number of hydrazone groups is 1. The second kappa shape index (κ2) is 9.89. The molecule has 0 aliphatic rings. The topological polar surface area (TPSA) is 84.8 Å². The van der Waals surface area contributed by atoms with Gasteiger partial charge < -0.3 is 14.8 Å². The zero-order valence-electron chi connectivity index (χ0n) is 17.3. The summed E-state index contributed by atoms with van der Waals surface area (Å²) in [6, 6.07) is 15.2. The van der Waals surface area contributed by atoms with Crippen LogP contribution in [0.25, 0.3) is 11.3 Å². The van der Waals surface area contributed by atoms with Crippen LogP contribution in [0.3, 0.4) is 0 Å². The number of rotatable bonds is 8. The van der Waals surface area contributed by atoms with Crippen LogP contribution in [0, 0.1) is 5.92 Å². The average molecular weight is 425 g/mol. The molecule has 0 saturated carbocycles. The number of benzene rings is 2. The van der Waals surface area contributed by atoms with Gasteiger partial charge in [-0.1, -0.05) is 55.5 Å². The van der Waals surface area contributed by atoms with Gasteiger partial charge in [0.05, 0.1) is 20.4 Å². The van der Waals surface area contributed by atoms with Gasteiger partial charge in [-0.15, -0.1) is 0 Å². The van der Waals surface area contributed by atoms with Gasteiger partial charge >= 0.3 is 0 Å². The molecule has 3 rings (SSSR count). The molecule has 30 heavy (non-hydrogen) atoms. The lowest BCUT2D eigenvalue weighted by Gasteiger charge is -2.07. The van der Waals surface area contributed by atoms with E-state index in [2.05, 4.69) is 20.8 Å². The lowest BCUT2D eigenvalue weighted by Crippen LogP contribution is -2.17. The van der Waals surface area contributed by atoms with Crippen LogP contribution < -0.4 is 20.2 Å². The summed E-state index contributed by atoms with van der Waals surface area (Å²) in [5, 5.41) is 8.49. The van der Waals surface area contributed by atoms with E-state index in [0.29, 0.717) is 27.3 Å². The highest BCUT2D eigenvalue weighted by Crippen LogP contribution is 2.36. The van der Waals surface area contributed by atoms with Crippen LogP contribution in [0.15, 0.2) is 53.6 Å². The van der Waals surface area contributed by atoms with Crippen molar-refractivity contribution in [3.8, 4) is 22.8 Å². The minimum absolute atomic E-state index is 0.0591. The predicted molar refractivity (Wildman–Crippen MR) is 122 cm³/mol. The van der Waals surface area contributed by atoms with E-state index in [4.69, 9.17) is 9.47 Å². The smallest absolute Gasteiger partial charge is 0.227 e. The zero-order chi connectivity index (χ0) is 21.5. The van der Waals surface area contributed by atoms with E-state index in [1.165, 1.54) is 11.3 Å². The van der Waals surface area contributed by atoms with Gasteiger partial charge in [-0.2, -0.15) is 5.10 Å². The average Bonchev–Trinajstić information content (AvgIpc) is 3.16. The summed E-state index contributed by atoms with van der Waals surface area (Å²) >= 11 is 1.34. The summed E-state index contributed by atoms with van der Waals surface area (Å²) in [4.78, 5) is 16.8. The highest BCUT2D eigenvalue weighted by molar-refractivity contribution is 7.20. The van der Waals surface area contributed by atoms with Gasteiger partial charge in [-0.3, -0.25) is 10.2 Å². The Bertz CT molecular complexity index is 1030. The van der Waals surface area contributed by atoms with Crippen molar-refractivity contribution in [2.45, 2.75) is 13.8 Å². The number of hydrogen-bond acceptors (Lipinski definition) is 7. The van der Waals surface area contributed by atoms with Crippen molar-refractivity contribution in [1.29, 1.82) is 0 Å². The normalized spacial score (nSPS) is 11.0. The standard InChI is InChI=1S/C22H24N4O3S/c1-14(2)20(27)25-21-19(16-8-6-5-7-9-16)24-22(30-21)26-23-13-15-10-11-17(28-3)18(12-15)29-4/h5-14H,1-4H3,(H,24,26)(H,25,27). The Hall–Kier alpha value is -3.39. The maximum atomic E-state index is 12.2. The Labute approximate surface area is 179 Å². The SMILES string of the molecule is COc1ccc(C=NNc2nc(-c3ccccc3)c(NC(=O)C(C)C)s2)cc1OC. The maximum absolute atomic E-state index is 12.2. The van der Waals surface area contributed by atoms with E-state index < -0.39 is 0 Å². The van der Waals surface area contributed by atoms with E-state index in [1.54, 1.807) is 20.4 Å². The van der Waals surface area contributed by atoms with Crippen LogP contribution in [0.4, 0.5) is 10.1 Å². The molecule has 156 valence electrons. The number of ether oxygens (including phenoxy) is 2. The molecule has 8 heteroatoms. The number of hydrogen-bond donors (Lipinski definition) is 2. The fourth-order valence-electron chi connectivity index (χ4n) is 2.60. The molecule has 1 aromatic heterocycles. The molecule has 3 aromatic rings. The lowest BCUT2D eigenvalue weighted by molar-refractivity contribution is -0.118. The fraction of sp³-hybridized carbons (Fsp3) is 0.227. The largest absolute Gasteiger partial charge is 0.493 e.